The van der Waals surface area contributed by atoms with Crippen LogP contribution in [-0.2, 0) is 74.1 Å². The summed E-state index contributed by atoms with van der Waals surface area (Å²) < 4.78 is 168. The predicted molar refractivity (Wildman–Crippen MR) is 520 cm³/mol. The fourth-order valence-corrected chi connectivity index (χ4v) is 25.0. The van der Waals surface area contributed by atoms with Crippen LogP contribution >= 0.6 is 34.8 Å². The number of aryl methyl sites for hydroxylation is 2. The Bertz CT molecular complexity index is 5950. The number of ketones is 1. The lowest BCUT2D eigenvalue weighted by Crippen LogP contribution is -2.69. The first-order valence-electron chi connectivity index (χ1n) is 47.3. The molecule has 0 bridgehead atoms. The smallest absolute Gasteiger partial charge is 0.493 e. The van der Waals surface area contributed by atoms with Crippen LogP contribution in [0.25, 0.3) is 11.0 Å². The number of aromatic nitrogens is 7. The summed E-state index contributed by atoms with van der Waals surface area (Å²) >= 11 is 17.9. The number of carboxylic acids is 1. The van der Waals surface area contributed by atoms with Gasteiger partial charge in [0.2, 0.25) is 0 Å². The molecule has 9 saturated carbocycles. The molecule has 5 spiro atoms. The Morgan fingerprint density at radius 2 is 0.894 bits per heavy atom. The van der Waals surface area contributed by atoms with Crippen LogP contribution in [0.3, 0.4) is 0 Å². The largest absolute Gasteiger partial charge is 0.594 e. The van der Waals surface area contributed by atoms with Crippen molar-refractivity contribution in [3.8, 4) is 0 Å². The fourth-order valence-electron chi connectivity index (χ4n) is 19.5. The molecule has 5 saturated heterocycles. The van der Waals surface area contributed by atoms with E-state index in [2.05, 4.69) is 44.8 Å². The molecule has 5 aromatic heterocycles. The first kappa shape index (κ1) is 112. The van der Waals surface area contributed by atoms with Crippen molar-refractivity contribution >= 4 is 140 Å². The third-order valence-electron chi connectivity index (χ3n) is 26.0. The van der Waals surface area contributed by atoms with E-state index in [0.29, 0.717) is 90.0 Å². The molecule has 0 aromatic carbocycles. The van der Waals surface area contributed by atoms with Gasteiger partial charge in [-0.05, 0) is 228 Å². The summed E-state index contributed by atoms with van der Waals surface area (Å²) in [5, 5.41) is 45.9. The SMILES string of the molecule is CC(C)(C)OC(=O)N1CC2(CC(=O)C2)C1.CC(C)(C)OC(=O)N1CC2(CC(NC3CC3)C2)C1.CC(C)(C)OC(=O)NS(=O)(=O)N(C1CC1)C1CC2(C1)CN(C(=O)OC(C)(C)C)C2.CN(C)c1cc[n+](S(=O)(=O)N=C([O-])OC(C)(C)C)cc1.Cc1cc(Cl)n2ncnc(Cl)c12.Cc1cc(Cl)n2ncnc(N3CC4(CC(N(C5CC5)S(N)(=O)=O)C4)C3)c12.NS(=O)(=O)N(C1CC1)C1CC2(CNC2)C1.O=C(O)C(F)(F)F. The molecule has 142 heavy (non-hydrogen) atoms. The van der Waals surface area contributed by atoms with Crippen LogP contribution in [0.2, 0.25) is 15.5 Å². The Morgan fingerprint density at radius 3 is 1.25 bits per heavy atom. The van der Waals surface area contributed by atoms with Gasteiger partial charge in [-0.3, -0.25) is 4.79 Å². The van der Waals surface area contributed by atoms with Crippen LogP contribution in [0.4, 0.5) is 43.9 Å². The van der Waals surface area contributed by atoms with Gasteiger partial charge < -0.3 is 69.0 Å². The summed E-state index contributed by atoms with van der Waals surface area (Å²) in [7, 11) is -11.5. The molecule has 14 aliphatic rings. The lowest BCUT2D eigenvalue weighted by Gasteiger charge is -2.60. The second-order valence-electron chi connectivity index (χ2n) is 45.6. The number of nitrogens with zero attached hydrogens (tertiary/aromatic N) is 16. The number of carboxylic acid groups (broad SMARTS) is 1. The van der Waals surface area contributed by atoms with E-state index in [1.165, 1.54) is 55.0 Å². The van der Waals surface area contributed by atoms with Crippen molar-refractivity contribution in [3.63, 3.8) is 0 Å². The molecule has 8 N–H and O–H groups in total. The zero-order valence-corrected chi connectivity index (χ0v) is 89.4. The van der Waals surface area contributed by atoms with Crippen LogP contribution in [0.5, 0.6) is 0 Å². The van der Waals surface area contributed by atoms with Gasteiger partial charge in [0, 0.05) is 186 Å². The molecular weight excluding hydrogens is 2000 g/mol. The van der Waals surface area contributed by atoms with Crippen LogP contribution in [0.15, 0.2) is 53.7 Å². The molecule has 5 aromatic rings. The third kappa shape index (κ3) is 29.4. The van der Waals surface area contributed by atoms with Crippen molar-refractivity contribution in [1.82, 2.24) is 72.2 Å². The van der Waals surface area contributed by atoms with Crippen molar-refractivity contribution < 1.29 is 113 Å². The van der Waals surface area contributed by atoms with Gasteiger partial charge in [-0.1, -0.05) is 63.9 Å². The summed E-state index contributed by atoms with van der Waals surface area (Å²) in [6.07, 6.45) is 14.6. The minimum absolute atomic E-state index is 0.0455. The summed E-state index contributed by atoms with van der Waals surface area (Å²) in [5.41, 5.74) is 2.71. The van der Waals surface area contributed by atoms with E-state index in [0.717, 1.165) is 147 Å². The van der Waals surface area contributed by atoms with E-state index in [4.69, 9.17) is 78.7 Å². The molecule has 5 aliphatic heterocycles. The number of carbonyl (C=O) groups is 6. The first-order chi connectivity index (χ1) is 65.2. The number of carbonyl (C=O) groups excluding carboxylic acids is 5. The normalized spacial score (nSPS) is 21.8. The molecule has 9 aliphatic carbocycles. The number of likely N-dealkylation sites (tertiary alicyclic amines) is 3. The van der Waals surface area contributed by atoms with Gasteiger partial charge >= 0.3 is 56.9 Å². The van der Waals surface area contributed by atoms with Crippen molar-refractivity contribution in [3.05, 3.63) is 75.9 Å². The Balaban J connectivity index is 0.000000149. The van der Waals surface area contributed by atoms with E-state index >= 15 is 0 Å². The maximum Gasteiger partial charge on any atom is 0.493 e. The number of fused-ring (bicyclic) bond motifs is 2. The van der Waals surface area contributed by atoms with E-state index < -0.39 is 87.6 Å². The highest BCUT2D eigenvalue weighted by Crippen LogP contribution is 2.57. The Hall–Kier alpha value is -8.34. The van der Waals surface area contributed by atoms with Gasteiger partial charge in [0.25, 0.3) is 20.4 Å². The lowest BCUT2D eigenvalue weighted by molar-refractivity contribution is -0.511. The third-order valence-corrected chi connectivity index (χ3v) is 32.0. The van der Waals surface area contributed by atoms with Crippen molar-refractivity contribution in [2.75, 3.05) is 89.3 Å². The van der Waals surface area contributed by atoms with Crippen LogP contribution in [-0.4, -0.2) is 300 Å². The molecule has 42 nitrogen and oxygen atoms in total. The minimum atomic E-state index is -5.08. The summed E-state index contributed by atoms with van der Waals surface area (Å²) in [5.74, 6) is -1.55. The van der Waals surface area contributed by atoms with Gasteiger partial charge in [0.15, 0.2) is 29.4 Å². The lowest BCUT2D eigenvalue weighted by atomic mass is 9.60. The highest BCUT2D eigenvalue weighted by Gasteiger charge is 2.62. The molecule has 0 atom stereocenters. The van der Waals surface area contributed by atoms with Crippen LogP contribution in [0, 0.1) is 40.9 Å². The zero-order chi connectivity index (χ0) is 105. The fraction of sp³-hybridized carbons (Fsp3) is 0.733. The number of rotatable bonds is 16. The average Bonchev–Trinajstić information content (AvgIpc) is 1.38. The number of nitrogens with one attached hydrogen (secondary N) is 3. The number of pyridine rings is 1. The number of hydrogen-bond donors (Lipinski definition) is 6. The average molecular weight is 2140 g/mol. The molecular formula is C90H137Cl3F3N21O21S4. The van der Waals surface area contributed by atoms with Gasteiger partial charge in [-0.2, -0.15) is 61.5 Å². The van der Waals surface area contributed by atoms with Gasteiger partial charge in [-0.25, -0.2) is 58.0 Å². The number of alkyl halides is 3. The first-order valence-corrected chi connectivity index (χ1v) is 54.3. The summed E-state index contributed by atoms with van der Waals surface area (Å²) in [6, 6.07) is 8.72. The second-order valence-corrected chi connectivity index (χ2v) is 52.7. The van der Waals surface area contributed by atoms with Crippen molar-refractivity contribution in [2.24, 2.45) is 41.8 Å². The van der Waals surface area contributed by atoms with E-state index in [1.807, 2.05) is 106 Å². The highest BCUT2D eigenvalue weighted by molar-refractivity contribution is 7.88. The molecule has 52 heteroatoms. The van der Waals surface area contributed by atoms with Gasteiger partial charge in [0.1, 0.15) is 62.2 Å². The highest BCUT2D eigenvalue weighted by atomic mass is 35.5. The number of Topliss-reactive ketones (excluding diaryl/α,β-unsaturated/α-hetero) is 1. The van der Waals surface area contributed by atoms with Gasteiger partial charge in [0.05, 0.1) is 0 Å². The molecule has 14 fully saturated rings. The number of halogens is 6. The number of ether oxygens (including phenoxy) is 5. The number of aliphatic carboxylic acids is 1. The molecule has 19 rings (SSSR count). The molecule has 4 amide bonds. The van der Waals surface area contributed by atoms with E-state index in [9.17, 15) is 75.9 Å². The zero-order valence-electron chi connectivity index (χ0n) is 83.9. The Labute approximate surface area is 843 Å². The maximum atomic E-state index is 12.8. The topological polar surface area (TPSA) is 519 Å². The quantitative estimate of drug-likeness (QED) is 0.0231. The standard InChI is InChI=1S/C19H33N3O6S.C16H21ClN6O2S.C14H24N2O2.C12H19N3O4S.C11H17NO3.C9H17N3O2S.C7H5Cl2N3.C2HF3O2/c1-17(2,3)27-15(23)20-29(25,26)22(13-7-8-13)14-9-19(10-14)11-21(12-19)16(24)28-18(4,5)6;1-10-4-13(17)22-14(10)15(19-9-20-22)21-7-16(8-21)5-12(6-16)23(11-2-3-11)26(18,24)25;1-13(2,3)18-12(17)16-8-14(9-16)6-11(7-14)15-10-4-5-10;1-12(2,3)19-11(16)13-20(17,18)15-8-6-10(7-9-15)14(4)5;1-10(2,3)15-9(14)12-6-11(7-12)4-8(13)5-11;10-15(13,14)12(7-1-2-7)8-3-9(4-8)5-11-6-9;1-4-2-5(8)12-6(4)7(9)10-3-11-12;3-2(4,5)1(6)7/h13-14H,7-12H2,1-6H3,(H,20,23);4,9,11-12H,2-3,5-8H2,1H3,(H2,18,24,25);10-11,15H,4-9H2,1-3H3;6-9H,1-5H3;4-7H2,1-3H3;7-8,11H,1-6H2,(H2,10,13,14);2-3H,1H3;(H,6,7). The Morgan fingerprint density at radius 1 is 0.528 bits per heavy atom. The molecule has 0 radical (unpaired) electrons. The molecule has 10 heterocycles. The van der Waals surface area contributed by atoms with E-state index in [-0.39, 0.29) is 76.4 Å². The maximum absolute atomic E-state index is 12.8. The van der Waals surface area contributed by atoms with Crippen molar-refractivity contribution in [1.29, 1.82) is 0 Å². The second kappa shape index (κ2) is 41.4. The molecule has 794 valence electrons. The number of amides is 4. The van der Waals surface area contributed by atoms with Gasteiger partial charge in [-0.15, -0.1) is 8.42 Å². The monoisotopic (exact) mass is 2140 g/mol. The number of hydrogen-bond acceptors (Lipinski definition) is 28. The number of anilines is 2. The van der Waals surface area contributed by atoms with Crippen molar-refractivity contribution in [2.45, 2.75) is 316 Å². The van der Waals surface area contributed by atoms with Crippen LogP contribution in [0.1, 0.15) is 231 Å². The Kier molecular flexibility index (Phi) is 32.8. The van der Waals surface area contributed by atoms with Crippen LogP contribution < -0.4 is 44.5 Å². The molecule has 0 unspecified atom stereocenters. The summed E-state index contributed by atoms with van der Waals surface area (Å²) in [6.45, 7) is 38.8. The number of nitrogens with two attached hydrogens (primary N) is 2. The van der Waals surface area contributed by atoms with E-state index in [1.54, 1.807) is 87.2 Å². The predicted octanol–water partition coefficient (Wildman–Crippen LogP) is 9.72. The summed E-state index contributed by atoms with van der Waals surface area (Å²) in [4.78, 5) is 84.8. The minimum Gasteiger partial charge on any atom is -0.594 e.